The third kappa shape index (κ3) is 1.99. The molecule has 70 valence electrons. The first-order valence-corrected chi connectivity index (χ1v) is 3.46. The summed E-state index contributed by atoms with van der Waals surface area (Å²) >= 11 is 0. The van der Waals surface area contributed by atoms with Crippen molar-refractivity contribution in [1.82, 2.24) is 5.32 Å². The zero-order valence-electron chi connectivity index (χ0n) is 6.48. The van der Waals surface area contributed by atoms with Crippen LogP contribution in [-0.2, 0) is 11.3 Å². The van der Waals surface area contributed by atoms with Gasteiger partial charge in [-0.05, 0) is 6.07 Å². The molecule has 5 heteroatoms. The summed E-state index contributed by atoms with van der Waals surface area (Å²) in [5.41, 5.74) is -0.0917. The molecule has 0 bridgehead atoms. The molecule has 0 spiro atoms. The highest BCUT2D eigenvalue weighted by Gasteiger charge is 2.12. The molecule has 0 radical (unpaired) electrons. The molecular formula is C8H6F3NO. The highest BCUT2D eigenvalue weighted by molar-refractivity contribution is 5.46. The van der Waals surface area contributed by atoms with Gasteiger partial charge in [-0.1, -0.05) is 6.07 Å². The topological polar surface area (TPSA) is 29.1 Å². The molecule has 0 unspecified atom stereocenters. The lowest BCUT2D eigenvalue weighted by atomic mass is 10.2. The molecule has 1 N–H and O–H groups in total. The molecule has 13 heavy (non-hydrogen) atoms. The van der Waals surface area contributed by atoms with Gasteiger partial charge in [0.25, 0.3) is 0 Å². The summed E-state index contributed by atoms with van der Waals surface area (Å²) in [5, 5.41) is 2.14. The lowest BCUT2D eigenvalue weighted by Crippen LogP contribution is -2.12. The zero-order valence-corrected chi connectivity index (χ0v) is 6.48. The van der Waals surface area contributed by atoms with E-state index in [2.05, 4.69) is 5.32 Å². The van der Waals surface area contributed by atoms with Crippen LogP contribution in [0.2, 0.25) is 0 Å². The van der Waals surface area contributed by atoms with Gasteiger partial charge in [-0.3, -0.25) is 4.79 Å². The van der Waals surface area contributed by atoms with E-state index in [1.807, 2.05) is 0 Å². The first-order chi connectivity index (χ1) is 6.16. The van der Waals surface area contributed by atoms with Crippen LogP contribution in [0.4, 0.5) is 13.2 Å². The molecule has 2 nitrogen and oxygen atoms in total. The standard InChI is InChI=1S/C8H6F3NO/c9-6-2-1-5(3-12-4-13)7(10)8(6)11/h1-2,4H,3H2,(H,12,13). The fourth-order valence-electron chi connectivity index (χ4n) is 0.854. The lowest BCUT2D eigenvalue weighted by Gasteiger charge is -2.02. The maximum Gasteiger partial charge on any atom is 0.207 e. The molecule has 1 amide bonds. The van der Waals surface area contributed by atoms with E-state index in [1.54, 1.807) is 0 Å². The van der Waals surface area contributed by atoms with Crippen molar-refractivity contribution in [3.8, 4) is 0 Å². The molecule has 1 aromatic rings. The van der Waals surface area contributed by atoms with Crippen LogP contribution in [0.3, 0.4) is 0 Å². The Balaban J connectivity index is 2.96. The van der Waals surface area contributed by atoms with Gasteiger partial charge in [0.2, 0.25) is 6.41 Å². The lowest BCUT2D eigenvalue weighted by molar-refractivity contribution is -0.109. The molecule has 0 aliphatic rings. The van der Waals surface area contributed by atoms with Gasteiger partial charge in [-0.15, -0.1) is 0 Å². The van der Waals surface area contributed by atoms with Gasteiger partial charge in [0, 0.05) is 12.1 Å². The van der Waals surface area contributed by atoms with Crippen molar-refractivity contribution in [1.29, 1.82) is 0 Å². The molecule has 0 saturated heterocycles. The average Bonchev–Trinajstić information content (AvgIpc) is 2.13. The second kappa shape index (κ2) is 3.93. The van der Waals surface area contributed by atoms with E-state index < -0.39 is 17.5 Å². The Hall–Kier alpha value is -1.52. The van der Waals surface area contributed by atoms with Crippen molar-refractivity contribution in [3.05, 3.63) is 35.1 Å². The summed E-state index contributed by atoms with van der Waals surface area (Å²) in [5.74, 6) is -4.04. The summed E-state index contributed by atoms with van der Waals surface area (Å²) in [6, 6.07) is 1.88. The minimum atomic E-state index is -1.52. The summed E-state index contributed by atoms with van der Waals surface area (Å²) in [6.45, 7) is -0.160. The Kier molecular flexibility index (Phi) is 2.89. The smallest absolute Gasteiger partial charge is 0.207 e. The fourth-order valence-corrected chi connectivity index (χ4v) is 0.854. The Morgan fingerprint density at radius 1 is 1.23 bits per heavy atom. The van der Waals surface area contributed by atoms with Crippen LogP contribution >= 0.6 is 0 Å². The summed E-state index contributed by atoms with van der Waals surface area (Å²) in [6.07, 6.45) is 0.348. The number of rotatable bonds is 3. The van der Waals surface area contributed by atoms with Gasteiger partial charge in [0.05, 0.1) is 0 Å². The van der Waals surface area contributed by atoms with Crippen molar-refractivity contribution < 1.29 is 18.0 Å². The summed E-state index contributed by atoms with van der Waals surface area (Å²) in [4.78, 5) is 9.84. The monoisotopic (exact) mass is 189 g/mol. The van der Waals surface area contributed by atoms with Crippen LogP contribution < -0.4 is 5.32 Å². The van der Waals surface area contributed by atoms with Crippen LogP contribution in [-0.4, -0.2) is 6.41 Å². The SMILES string of the molecule is O=CNCc1ccc(F)c(F)c1F. The minimum absolute atomic E-state index is 0.0917. The highest BCUT2D eigenvalue weighted by Crippen LogP contribution is 2.14. The van der Waals surface area contributed by atoms with Crippen molar-refractivity contribution >= 4 is 6.41 Å². The van der Waals surface area contributed by atoms with Gasteiger partial charge in [0.15, 0.2) is 17.5 Å². The Labute approximate surface area is 72.4 Å². The number of carbonyl (C=O) groups excluding carboxylic acids is 1. The second-order valence-corrected chi connectivity index (χ2v) is 2.33. The Morgan fingerprint density at radius 3 is 2.54 bits per heavy atom. The van der Waals surface area contributed by atoms with E-state index in [1.165, 1.54) is 0 Å². The van der Waals surface area contributed by atoms with E-state index in [4.69, 9.17) is 0 Å². The maximum atomic E-state index is 12.8. The van der Waals surface area contributed by atoms with E-state index in [0.29, 0.717) is 6.41 Å². The van der Waals surface area contributed by atoms with Crippen molar-refractivity contribution in [2.45, 2.75) is 6.54 Å². The Bertz CT molecular complexity index is 327. The third-order valence-electron chi connectivity index (χ3n) is 1.49. The van der Waals surface area contributed by atoms with Crippen LogP contribution in [0.25, 0.3) is 0 Å². The molecule has 0 saturated carbocycles. The van der Waals surface area contributed by atoms with Gasteiger partial charge in [0.1, 0.15) is 0 Å². The number of carbonyl (C=O) groups is 1. The van der Waals surface area contributed by atoms with E-state index in [0.717, 1.165) is 12.1 Å². The van der Waals surface area contributed by atoms with Crippen LogP contribution in [0, 0.1) is 17.5 Å². The van der Waals surface area contributed by atoms with E-state index >= 15 is 0 Å². The number of halogens is 3. The van der Waals surface area contributed by atoms with Crippen molar-refractivity contribution in [3.63, 3.8) is 0 Å². The fraction of sp³-hybridized carbons (Fsp3) is 0.125. The first kappa shape index (κ1) is 9.57. The van der Waals surface area contributed by atoms with Crippen LogP contribution in [0.5, 0.6) is 0 Å². The summed E-state index contributed by atoms with van der Waals surface area (Å²) < 4.78 is 37.7. The molecule has 0 heterocycles. The average molecular weight is 189 g/mol. The number of amides is 1. The number of hydrogen-bond acceptors (Lipinski definition) is 1. The van der Waals surface area contributed by atoms with Crippen LogP contribution in [0.15, 0.2) is 12.1 Å². The Morgan fingerprint density at radius 2 is 1.92 bits per heavy atom. The molecule has 0 fully saturated rings. The van der Waals surface area contributed by atoms with Gasteiger partial charge in [-0.2, -0.15) is 0 Å². The molecule has 0 aliphatic heterocycles. The van der Waals surface area contributed by atoms with Gasteiger partial charge >= 0.3 is 0 Å². The quantitative estimate of drug-likeness (QED) is 0.564. The zero-order chi connectivity index (χ0) is 9.84. The number of benzene rings is 1. The predicted molar refractivity (Wildman–Crippen MR) is 39.2 cm³/mol. The predicted octanol–water partition coefficient (Wildman–Crippen LogP) is 1.35. The highest BCUT2D eigenvalue weighted by atomic mass is 19.2. The van der Waals surface area contributed by atoms with Gasteiger partial charge < -0.3 is 5.32 Å². The minimum Gasteiger partial charge on any atom is -0.354 e. The molecular weight excluding hydrogens is 183 g/mol. The molecule has 1 aromatic carbocycles. The second-order valence-electron chi connectivity index (χ2n) is 2.33. The van der Waals surface area contributed by atoms with Crippen LogP contribution in [0.1, 0.15) is 5.56 Å². The maximum absolute atomic E-state index is 12.8. The normalized spacial score (nSPS) is 9.77. The molecule has 1 rings (SSSR count). The first-order valence-electron chi connectivity index (χ1n) is 3.46. The molecule has 0 atom stereocenters. The van der Waals surface area contributed by atoms with E-state index in [-0.39, 0.29) is 12.1 Å². The summed E-state index contributed by atoms with van der Waals surface area (Å²) in [7, 11) is 0. The number of nitrogens with one attached hydrogen (secondary N) is 1. The van der Waals surface area contributed by atoms with Gasteiger partial charge in [-0.25, -0.2) is 13.2 Å². The van der Waals surface area contributed by atoms with Crippen molar-refractivity contribution in [2.24, 2.45) is 0 Å². The third-order valence-corrected chi connectivity index (χ3v) is 1.49. The van der Waals surface area contributed by atoms with Crippen molar-refractivity contribution in [2.75, 3.05) is 0 Å². The van der Waals surface area contributed by atoms with E-state index in [9.17, 15) is 18.0 Å². The molecule has 0 aromatic heterocycles. The number of hydrogen-bond donors (Lipinski definition) is 1. The largest absolute Gasteiger partial charge is 0.354 e. The molecule has 0 aliphatic carbocycles.